The molecular weight excluding hydrogens is 116 g/mol. The number of aryl methyl sites for hydroxylation is 1. The number of hydrogen-bond donors (Lipinski definition) is 1. The second kappa shape index (κ2) is 2.55. The van der Waals surface area contributed by atoms with Crippen LogP contribution in [0.25, 0.3) is 0 Å². The van der Waals surface area contributed by atoms with Gasteiger partial charge in [-0.15, -0.1) is 0 Å². The minimum absolute atomic E-state index is 0.0205. The molecule has 9 heavy (non-hydrogen) atoms. The molecule has 0 atom stereocenters. The van der Waals surface area contributed by atoms with Crippen LogP contribution in [0.5, 0.6) is 0 Å². The van der Waals surface area contributed by atoms with E-state index >= 15 is 0 Å². The monoisotopic (exact) mass is 124 g/mol. The second-order valence-electron chi connectivity index (χ2n) is 1.79. The highest BCUT2D eigenvalue weighted by molar-refractivity contribution is 5.11. The van der Waals surface area contributed by atoms with Crippen LogP contribution in [0.4, 0.5) is 0 Å². The van der Waals surface area contributed by atoms with Gasteiger partial charge in [0.15, 0.2) is 0 Å². The van der Waals surface area contributed by atoms with E-state index in [9.17, 15) is 0 Å². The van der Waals surface area contributed by atoms with Crippen molar-refractivity contribution in [3.63, 3.8) is 0 Å². The molecule has 0 fully saturated rings. The van der Waals surface area contributed by atoms with Crippen LogP contribution < -0.4 is 0 Å². The fourth-order valence-electron chi connectivity index (χ4n) is 0.575. The van der Waals surface area contributed by atoms with E-state index in [2.05, 4.69) is 9.97 Å². The first-order valence-corrected chi connectivity index (χ1v) is 2.71. The van der Waals surface area contributed by atoms with E-state index in [1.165, 1.54) is 6.33 Å². The van der Waals surface area contributed by atoms with E-state index < -0.39 is 0 Å². The molecule has 0 aliphatic heterocycles. The van der Waals surface area contributed by atoms with Gasteiger partial charge in [0, 0.05) is 17.5 Å². The summed E-state index contributed by atoms with van der Waals surface area (Å²) in [4.78, 5) is 7.62. The van der Waals surface area contributed by atoms with Gasteiger partial charge in [0.05, 0.1) is 6.61 Å². The third kappa shape index (κ3) is 1.23. The molecule has 1 rings (SSSR count). The van der Waals surface area contributed by atoms with Gasteiger partial charge in [-0.05, 0) is 6.92 Å². The third-order valence-corrected chi connectivity index (χ3v) is 1.18. The van der Waals surface area contributed by atoms with E-state index in [-0.39, 0.29) is 6.61 Å². The van der Waals surface area contributed by atoms with E-state index in [1.807, 2.05) is 6.92 Å². The lowest BCUT2D eigenvalue weighted by Gasteiger charge is -1.95. The zero-order valence-corrected chi connectivity index (χ0v) is 5.20. The van der Waals surface area contributed by atoms with Crippen LogP contribution in [0.3, 0.4) is 0 Å². The largest absolute Gasteiger partial charge is 0.392 e. The van der Waals surface area contributed by atoms with Crippen LogP contribution in [0.15, 0.2) is 12.5 Å². The summed E-state index contributed by atoms with van der Waals surface area (Å²) >= 11 is 0. The van der Waals surface area contributed by atoms with Crippen molar-refractivity contribution in [2.45, 2.75) is 13.5 Å². The Kier molecular flexibility index (Phi) is 1.75. The molecular formula is C6H8N2O. The quantitative estimate of drug-likeness (QED) is 0.584. The first-order valence-electron chi connectivity index (χ1n) is 2.71. The highest BCUT2D eigenvalue weighted by atomic mass is 16.3. The molecule has 1 N–H and O–H groups in total. The average Bonchev–Trinajstić information content (AvgIpc) is 1.89. The molecule has 0 bridgehead atoms. The summed E-state index contributed by atoms with van der Waals surface area (Å²) in [6, 6.07) is 0. The number of aromatic nitrogens is 2. The van der Waals surface area contributed by atoms with Crippen LogP contribution in [-0.4, -0.2) is 15.1 Å². The summed E-state index contributed by atoms with van der Waals surface area (Å²) in [5.41, 5.74) is 1.63. The van der Waals surface area contributed by atoms with Crippen molar-refractivity contribution in [2.24, 2.45) is 0 Å². The van der Waals surface area contributed by atoms with Crippen molar-refractivity contribution in [1.29, 1.82) is 0 Å². The summed E-state index contributed by atoms with van der Waals surface area (Å²) in [5.74, 6) is 0. The number of aliphatic hydroxyl groups excluding tert-OH is 1. The van der Waals surface area contributed by atoms with E-state index in [4.69, 9.17) is 5.11 Å². The van der Waals surface area contributed by atoms with Crippen LogP contribution in [0, 0.1) is 6.92 Å². The lowest BCUT2D eigenvalue weighted by molar-refractivity contribution is 0.280. The highest BCUT2D eigenvalue weighted by Gasteiger charge is 1.93. The molecule has 0 radical (unpaired) electrons. The molecule has 0 aliphatic carbocycles. The summed E-state index contributed by atoms with van der Waals surface area (Å²) in [6.07, 6.45) is 3.08. The maximum absolute atomic E-state index is 8.64. The average molecular weight is 124 g/mol. The minimum Gasteiger partial charge on any atom is -0.392 e. The predicted octanol–water partition coefficient (Wildman–Crippen LogP) is 0.277. The van der Waals surface area contributed by atoms with Crippen LogP contribution >= 0.6 is 0 Å². The molecule has 0 amide bonds. The van der Waals surface area contributed by atoms with Gasteiger partial charge in [-0.2, -0.15) is 0 Å². The second-order valence-corrected chi connectivity index (χ2v) is 1.79. The molecule has 1 aromatic heterocycles. The number of hydrogen-bond acceptors (Lipinski definition) is 3. The van der Waals surface area contributed by atoms with E-state index in [0.717, 1.165) is 11.3 Å². The molecule has 0 unspecified atom stereocenters. The van der Waals surface area contributed by atoms with Gasteiger partial charge in [0.1, 0.15) is 6.33 Å². The van der Waals surface area contributed by atoms with E-state index in [1.54, 1.807) is 6.20 Å². The molecule has 1 heterocycles. The zero-order chi connectivity index (χ0) is 6.69. The van der Waals surface area contributed by atoms with Crippen molar-refractivity contribution in [1.82, 2.24) is 9.97 Å². The third-order valence-electron chi connectivity index (χ3n) is 1.18. The topological polar surface area (TPSA) is 46.0 Å². The Morgan fingerprint density at radius 1 is 1.67 bits per heavy atom. The molecule has 0 aliphatic rings. The number of aliphatic hydroxyl groups is 1. The standard InChI is InChI=1S/C6H8N2O/c1-5-6(3-9)2-7-4-8-5/h2,4,9H,3H2,1H3. The van der Waals surface area contributed by atoms with Crippen molar-refractivity contribution in [3.8, 4) is 0 Å². The van der Waals surface area contributed by atoms with Crippen molar-refractivity contribution in [3.05, 3.63) is 23.8 Å². The molecule has 0 saturated carbocycles. The van der Waals surface area contributed by atoms with Gasteiger partial charge < -0.3 is 5.11 Å². The Balaban J connectivity index is 3.01. The zero-order valence-electron chi connectivity index (χ0n) is 5.20. The van der Waals surface area contributed by atoms with E-state index in [0.29, 0.717) is 0 Å². The fraction of sp³-hybridized carbons (Fsp3) is 0.333. The van der Waals surface area contributed by atoms with Gasteiger partial charge in [0.2, 0.25) is 0 Å². The van der Waals surface area contributed by atoms with Crippen LogP contribution in [0.1, 0.15) is 11.3 Å². The molecule has 3 heteroatoms. The number of rotatable bonds is 1. The van der Waals surface area contributed by atoms with Crippen molar-refractivity contribution < 1.29 is 5.11 Å². The SMILES string of the molecule is Cc1ncncc1CO. The van der Waals surface area contributed by atoms with Crippen LogP contribution in [0.2, 0.25) is 0 Å². The molecule has 1 aromatic rings. The lowest BCUT2D eigenvalue weighted by Crippen LogP contribution is -1.92. The van der Waals surface area contributed by atoms with Crippen molar-refractivity contribution in [2.75, 3.05) is 0 Å². The molecule has 3 nitrogen and oxygen atoms in total. The van der Waals surface area contributed by atoms with Gasteiger partial charge in [-0.25, -0.2) is 9.97 Å². The van der Waals surface area contributed by atoms with Gasteiger partial charge >= 0.3 is 0 Å². The van der Waals surface area contributed by atoms with Gasteiger partial charge in [-0.1, -0.05) is 0 Å². The predicted molar refractivity (Wildman–Crippen MR) is 32.7 cm³/mol. The first-order chi connectivity index (χ1) is 4.34. The smallest absolute Gasteiger partial charge is 0.115 e. The number of nitrogens with zero attached hydrogens (tertiary/aromatic N) is 2. The highest BCUT2D eigenvalue weighted by Crippen LogP contribution is 1.99. The summed E-state index contributed by atoms with van der Waals surface area (Å²) < 4.78 is 0. The molecule has 48 valence electrons. The Morgan fingerprint density at radius 3 is 2.89 bits per heavy atom. The normalized spacial score (nSPS) is 9.56. The minimum atomic E-state index is 0.0205. The Labute approximate surface area is 53.4 Å². The maximum Gasteiger partial charge on any atom is 0.115 e. The van der Waals surface area contributed by atoms with Gasteiger partial charge in [0.25, 0.3) is 0 Å². The lowest BCUT2D eigenvalue weighted by atomic mass is 10.3. The fourth-order valence-corrected chi connectivity index (χ4v) is 0.575. The Bertz CT molecular complexity index is 200. The van der Waals surface area contributed by atoms with Gasteiger partial charge in [-0.3, -0.25) is 0 Å². The summed E-state index contributed by atoms with van der Waals surface area (Å²) in [7, 11) is 0. The summed E-state index contributed by atoms with van der Waals surface area (Å²) in [6.45, 7) is 1.86. The maximum atomic E-state index is 8.64. The van der Waals surface area contributed by atoms with Crippen LogP contribution in [-0.2, 0) is 6.61 Å². The summed E-state index contributed by atoms with van der Waals surface area (Å²) in [5, 5.41) is 8.64. The Hall–Kier alpha value is -0.960. The van der Waals surface area contributed by atoms with Crippen molar-refractivity contribution >= 4 is 0 Å². The Morgan fingerprint density at radius 2 is 2.44 bits per heavy atom. The molecule has 0 saturated heterocycles. The first kappa shape index (κ1) is 6.16. The molecule has 0 aromatic carbocycles. The molecule has 0 spiro atoms.